The number of esters is 1. The van der Waals surface area contributed by atoms with Crippen LogP contribution in [0.2, 0.25) is 0 Å². The van der Waals surface area contributed by atoms with Gasteiger partial charge in [-0.2, -0.15) is 0 Å². The zero-order chi connectivity index (χ0) is 14.4. The Kier molecular flexibility index (Phi) is 5.35. The van der Waals surface area contributed by atoms with Gasteiger partial charge in [0.05, 0.1) is 12.2 Å². The quantitative estimate of drug-likeness (QED) is 0.830. The highest BCUT2D eigenvalue weighted by Crippen LogP contribution is 2.12. The van der Waals surface area contributed by atoms with Gasteiger partial charge < -0.3 is 15.0 Å². The average molecular weight is 277 g/mol. The number of piperazine rings is 1. The topological polar surface area (TPSA) is 54.5 Å². The minimum atomic E-state index is -0.287. The predicted octanol–water partition coefficient (Wildman–Crippen LogP) is 1.69. The number of carbonyl (C=O) groups excluding carboxylic acids is 1. The third-order valence-corrected chi connectivity index (χ3v) is 3.35. The minimum Gasteiger partial charge on any atom is -0.462 e. The molecule has 1 N–H and O–H groups in total. The van der Waals surface area contributed by atoms with E-state index in [1.165, 1.54) is 0 Å². The molecule has 0 aliphatic carbocycles. The fourth-order valence-electron chi connectivity index (χ4n) is 2.06. The smallest absolute Gasteiger partial charge is 0.339 e. The Hall–Kier alpha value is -1.62. The Morgan fingerprint density at radius 1 is 1.40 bits per heavy atom. The van der Waals surface area contributed by atoms with E-state index in [9.17, 15) is 4.79 Å². The summed E-state index contributed by atoms with van der Waals surface area (Å²) in [4.78, 5) is 18.4. The van der Waals surface area contributed by atoms with Gasteiger partial charge in [0.15, 0.2) is 0 Å². The highest BCUT2D eigenvalue weighted by molar-refractivity contribution is 5.89. The standard InChI is InChI=1S/C15H23N3O2/c1-12(2)5-10-20-15(19)13-3-4-14(17-11-13)18-8-6-16-7-9-18/h3-4,11-12,16H,5-10H2,1-2H3. The monoisotopic (exact) mass is 277 g/mol. The van der Waals surface area contributed by atoms with Crippen molar-refractivity contribution in [2.24, 2.45) is 5.92 Å². The van der Waals surface area contributed by atoms with Gasteiger partial charge in [0, 0.05) is 32.4 Å². The molecule has 2 rings (SSSR count). The summed E-state index contributed by atoms with van der Waals surface area (Å²) < 4.78 is 5.22. The molecular formula is C15H23N3O2. The number of rotatable bonds is 5. The van der Waals surface area contributed by atoms with Gasteiger partial charge in [-0.1, -0.05) is 13.8 Å². The summed E-state index contributed by atoms with van der Waals surface area (Å²) in [5.74, 6) is 1.17. The van der Waals surface area contributed by atoms with Gasteiger partial charge in [-0.05, 0) is 24.5 Å². The lowest BCUT2D eigenvalue weighted by molar-refractivity contribution is 0.0487. The second-order valence-corrected chi connectivity index (χ2v) is 5.46. The Balaban J connectivity index is 1.88. The number of aromatic nitrogens is 1. The largest absolute Gasteiger partial charge is 0.462 e. The number of ether oxygens (including phenoxy) is 1. The lowest BCUT2D eigenvalue weighted by Crippen LogP contribution is -2.43. The van der Waals surface area contributed by atoms with Crippen molar-refractivity contribution in [3.8, 4) is 0 Å². The van der Waals surface area contributed by atoms with E-state index in [2.05, 4.69) is 29.0 Å². The van der Waals surface area contributed by atoms with Crippen molar-refractivity contribution in [1.29, 1.82) is 0 Å². The molecule has 110 valence electrons. The number of nitrogens with one attached hydrogen (secondary N) is 1. The molecule has 0 aromatic carbocycles. The molecule has 0 radical (unpaired) electrons. The van der Waals surface area contributed by atoms with Gasteiger partial charge in [-0.3, -0.25) is 0 Å². The van der Waals surface area contributed by atoms with E-state index < -0.39 is 0 Å². The first kappa shape index (κ1) is 14.8. The maximum absolute atomic E-state index is 11.8. The van der Waals surface area contributed by atoms with Crippen LogP contribution in [0.3, 0.4) is 0 Å². The molecule has 1 fully saturated rings. The molecule has 0 bridgehead atoms. The number of hydrogen-bond acceptors (Lipinski definition) is 5. The van der Waals surface area contributed by atoms with E-state index >= 15 is 0 Å². The summed E-state index contributed by atoms with van der Waals surface area (Å²) in [7, 11) is 0. The normalized spacial score (nSPS) is 15.4. The van der Waals surface area contributed by atoms with Crippen LogP contribution in [-0.4, -0.2) is 43.7 Å². The molecule has 5 heteroatoms. The van der Waals surface area contributed by atoms with Gasteiger partial charge in [0.1, 0.15) is 5.82 Å². The zero-order valence-electron chi connectivity index (χ0n) is 12.3. The number of pyridine rings is 1. The molecule has 1 saturated heterocycles. The Bertz CT molecular complexity index is 425. The van der Waals surface area contributed by atoms with Crippen molar-refractivity contribution >= 4 is 11.8 Å². The van der Waals surface area contributed by atoms with Crippen molar-refractivity contribution in [2.75, 3.05) is 37.7 Å². The number of anilines is 1. The summed E-state index contributed by atoms with van der Waals surface area (Å²) in [5, 5.41) is 3.30. The fraction of sp³-hybridized carbons (Fsp3) is 0.600. The lowest BCUT2D eigenvalue weighted by atomic mass is 10.1. The van der Waals surface area contributed by atoms with Crippen molar-refractivity contribution < 1.29 is 9.53 Å². The first-order valence-corrected chi connectivity index (χ1v) is 7.25. The van der Waals surface area contributed by atoms with Crippen molar-refractivity contribution in [3.63, 3.8) is 0 Å². The van der Waals surface area contributed by atoms with Crippen LogP contribution in [-0.2, 0) is 4.74 Å². The highest BCUT2D eigenvalue weighted by atomic mass is 16.5. The number of nitrogens with zero attached hydrogens (tertiary/aromatic N) is 2. The molecule has 20 heavy (non-hydrogen) atoms. The second-order valence-electron chi connectivity index (χ2n) is 5.46. The van der Waals surface area contributed by atoms with Crippen molar-refractivity contribution in [2.45, 2.75) is 20.3 Å². The summed E-state index contributed by atoms with van der Waals surface area (Å²) in [6.45, 7) is 8.53. The lowest BCUT2D eigenvalue weighted by Gasteiger charge is -2.28. The van der Waals surface area contributed by atoms with E-state index in [0.29, 0.717) is 18.1 Å². The fourth-order valence-corrected chi connectivity index (χ4v) is 2.06. The molecule has 1 aliphatic rings. The second kappa shape index (κ2) is 7.24. The van der Waals surface area contributed by atoms with E-state index in [4.69, 9.17) is 4.74 Å². The molecule has 0 atom stereocenters. The van der Waals surface area contributed by atoms with Gasteiger partial charge in [0.25, 0.3) is 0 Å². The highest BCUT2D eigenvalue weighted by Gasteiger charge is 2.13. The molecule has 1 aromatic rings. The number of hydrogen-bond donors (Lipinski definition) is 1. The van der Waals surface area contributed by atoms with Crippen LogP contribution in [0.1, 0.15) is 30.6 Å². The molecule has 0 saturated carbocycles. The first-order chi connectivity index (χ1) is 9.66. The molecular weight excluding hydrogens is 254 g/mol. The maximum Gasteiger partial charge on any atom is 0.339 e. The van der Waals surface area contributed by atoms with Gasteiger partial charge in [-0.25, -0.2) is 9.78 Å². The molecule has 0 amide bonds. The Morgan fingerprint density at radius 3 is 2.75 bits per heavy atom. The summed E-state index contributed by atoms with van der Waals surface area (Å²) in [6, 6.07) is 3.69. The van der Waals surface area contributed by atoms with Gasteiger partial charge in [-0.15, -0.1) is 0 Å². The summed E-state index contributed by atoms with van der Waals surface area (Å²) in [6.07, 6.45) is 2.49. The third-order valence-electron chi connectivity index (χ3n) is 3.35. The Morgan fingerprint density at radius 2 is 2.15 bits per heavy atom. The van der Waals surface area contributed by atoms with Crippen LogP contribution in [0, 0.1) is 5.92 Å². The predicted molar refractivity (Wildman–Crippen MR) is 79.1 cm³/mol. The van der Waals surface area contributed by atoms with Crippen LogP contribution in [0.15, 0.2) is 18.3 Å². The van der Waals surface area contributed by atoms with E-state index in [0.717, 1.165) is 38.4 Å². The minimum absolute atomic E-state index is 0.287. The molecule has 0 unspecified atom stereocenters. The molecule has 5 nitrogen and oxygen atoms in total. The first-order valence-electron chi connectivity index (χ1n) is 7.25. The molecule has 1 aromatic heterocycles. The van der Waals surface area contributed by atoms with Crippen molar-refractivity contribution in [3.05, 3.63) is 23.9 Å². The van der Waals surface area contributed by atoms with E-state index in [-0.39, 0.29) is 5.97 Å². The van der Waals surface area contributed by atoms with E-state index in [1.54, 1.807) is 12.3 Å². The van der Waals surface area contributed by atoms with Crippen LogP contribution in [0.25, 0.3) is 0 Å². The van der Waals surface area contributed by atoms with Crippen LogP contribution >= 0.6 is 0 Å². The maximum atomic E-state index is 11.8. The Labute approximate surface area is 120 Å². The summed E-state index contributed by atoms with van der Waals surface area (Å²) in [5.41, 5.74) is 0.521. The van der Waals surface area contributed by atoms with E-state index in [1.807, 2.05) is 6.07 Å². The van der Waals surface area contributed by atoms with Crippen LogP contribution in [0.5, 0.6) is 0 Å². The molecule has 1 aliphatic heterocycles. The molecule has 2 heterocycles. The average Bonchev–Trinajstić information content (AvgIpc) is 2.48. The summed E-state index contributed by atoms with van der Waals surface area (Å²) >= 11 is 0. The van der Waals surface area contributed by atoms with Gasteiger partial charge >= 0.3 is 5.97 Å². The van der Waals surface area contributed by atoms with Crippen LogP contribution in [0.4, 0.5) is 5.82 Å². The SMILES string of the molecule is CC(C)CCOC(=O)c1ccc(N2CCNCC2)nc1. The van der Waals surface area contributed by atoms with Crippen LogP contribution < -0.4 is 10.2 Å². The molecule has 0 spiro atoms. The zero-order valence-corrected chi connectivity index (χ0v) is 12.3. The van der Waals surface area contributed by atoms with Crippen molar-refractivity contribution in [1.82, 2.24) is 10.3 Å². The van der Waals surface area contributed by atoms with Gasteiger partial charge in [0.2, 0.25) is 0 Å². The third kappa shape index (κ3) is 4.20. The number of carbonyl (C=O) groups is 1.